The summed E-state index contributed by atoms with van der Waals surface area (Å²) in [4.78, 5) is 30.5. The van der Waals surface area contributed by atoms with Crippen LogP contribution < -0.4 is 15.6 Å². The van der Waals surface area contributed by atoms with Gasteiger partial charge in [-0.15, -0.1) is 0 Å². The van der Waals surface area contributed by atoms with Crippen molar-refractivity contribution in [2.45, 2.75) is 11.7 Å². The van der Waals surface area contributed by atoms with E-state index >= 15 is 0 Å². The molecule has 4 rings (SSSR count). The molecule has 0 aliphatic carbocycles. The number of ether oxygens (including phenoxy) is 1. The first-order valence-electron chi connectivity index (χ1n) is 9.96. The van der Waals surface area contributed by atoms with Crippen LogP contribution in [0.2, 0.25) is 10.0 Å². The molecule has 168 valence electrons. The first-order valence-corrected chi connectivity index (χ1v) is 11.7. The van der Waals surface area contributed by atoms with Crippen molar-refractivity contribution in [3.8, 4) is 11.4 Å². The van der Waals surface area contributed by atoms with Gasteiger partial charge < -0.3 is 10.1 Å². The molecule has 1 heterocycles. The van der Waals surface area contributed by atoms with E-state index in [4.69, 9.17) is 27.9 Å². The quantitative estimate of drug-likeness (QED) is 0.282. The maximum Gasteiger partial charge on any atom is 0.266 e. The Balaban J connectivity index is 1.60. The van der Waals surface area contributed by atoms with Gasteiger partial charge in [-0.3, -0.25) is 14.2 Å². The molecule has 1 aromatic heterocycles. The lowest BCUT2D eigenvalue weighted by Gasteiger charge is -2.14. The fraction of sp³-hybridized carbons (Fsp3) is 0.125. The summed E-state index contributed by atoms with van der Waals surface area (Å²) < 4.78 is 6.80. The first-order chi connectivity index (χ1) is 16.0. The number of nitrogens with one attached hydrogen (secondary N) is 1. The lowest BCUT2D eigenvalue weighted by Crippen LogP contribution is -2.26. The number of hydrogen-bond acceptors (Lipinski definition) is 5. The third-order valence-electron chi connectivity index (χ3n) is 4.89. The number of methoxy groups -OCH3 is 1. The van der Waals surface area contributed by atoms with Gasteiger partial charge in [-0.05, 0) is 48.5 Å². The Morgan fingerprint density at radius 1 is 1.06 bits per heavy atom. The van der Waals surface area contributed by atoms with Crippen LogP contribution in [0.5, 0.6) is 5.75 Å². The summed E-state index contributed by atoms with van der Waals surface area (Å²) in [6.07, 6.45) is 0. The van der Waals surface area contributed by atoms with Crippen LogP contribution >= 0.6 is 35.0 Å². The molecule has 0 aliphatic rings. The third-order valence-corrected chi connectivity index (χ3v) is 6.31. The summed E-state index contributed by atoms with van der Waals surface area (Å²) in [7, 11) is 1.59. The molecular formula is C24H19Cl2N3O3S. The van der Waals surface area contributed by atoms with Crippen molar-refractivity contribution in [2.75, 3.05) is 12.9 Å². The van der Waals surface area contributed by atoms with E-state index in [0.717, 1.165) is 5.56 Å². The third kappa shape index (κ3) is 5.33. The van der Waals surface area contributed by atoms with Gasteiger partial charge in [0.05, 0.1) is 29.5 Å². The molecule has 0 spiro atoms. The van der Waals surface area contributed by atoms with Crippen LogP contribution in [0.3, 0.4) is 0 Å². The number of hydrogen-bond donors (Lipinski definition) is 1. The van der Waals surface area contributed by atoms with Crippen molar-refractivity contribution in [1.29, 1.82) is 0 Å². The van der Waals surface area contributed by atoms with E-state index < -0.39 is 0 Å². The molecule has 0 fully saturated rings. The predicted octanol–water partition coefficient (Wildman–Crippen LogP) is 5.11. The molecule has 33 heavy (non-hydrogen) atoms. The number of thioether (sulfide) groups is 1. The number of halogens is 2. The number of carbonyl (C=O) groups excluding carboxylic acids is 1. The molecule has 6 nitrogen and oxygen atoms in total. The molecule has 9 heteroatoms. The fourth-order valence-electron chi connectivity index (χ4n) is 3.28. The molecule has 4 aromatic rings. The number of carbonyl (C=O) groups is 1. The summed E-state index contributed by atoms with van der Waals surface area (Å²) in [5.41, 5.74) is 1.69. The predicted molar refractivity (Wildman–Crippen MR) is 133 cm³/mol. The Labute approximate surface area is 204 Å². The van der Waals surface area contributed by atoms with E-state index in [1.54, 1.807) is 49.6 Å². The highest BCUT2D eigenvalue weighted by Crippen LogP contribution is 2.24. The highest BCUT2D eigenvalue weighted by atomic mass is 35.5. The number of aromatic nitrogens is 2. The summed E-state index contributed by atoms with van der Waals surface area (Å²) in [6.45, 7) is 0.328. The summed E-state index contributed by atoms with van der Waals surface area (Å²) in [5, 5.41) is 4.72. The zero-order valence-corrected chi connectivity index (χ0v) is 19.9. The molecule has 3 aromatic carbocycles. The number of rotatable bonds is 7. The minimum Gasteiger partial charge on any atom is -0.496 e. The van der Waals surface area contributed by atoms with Crippen LogP contribution in [-0.2, 0) is 11.3 Å². The van der Waals surface area contributed by atoms with E-state index in [0.29, 0.717) is 44.1 Å². The minimum atomic E-state index is -0.254. The largest absolute Gasteiger partial charge is 0.496 e. The Bertz CT molecular complexity index is 1370. The lowest BCUT2D eigenvalue weighted by molar-refractivity contribution is -0.118. The second kappa shape index (κ2) is 10.3. The molecule has 1 N–H and O–H groups in total. The average Bonchev–Trinajstić information content (AvgIpc) is 2.82. The van der Waals surface area contributed by atoms with E-state index in [1.165, 1.54) is 16.3 Å². The van der Waals surface area contributed by atoms with Crippen LogP contribution in [0.15, 0.2) is 76.7 Å². The van der Waals surface area contributed by atoms with Gasteiger partial charge in [0.2, 0.25) is 5.91 Å². The summed E-state index contributed by atoms with van der Waals surface area (Å²) >= 11 is 13.3. The number of amides is 1. The smallest absolute Gasteiger partial charge is 0.266 e. The van der Waals surface area contributed by atoms with Crippen LogP contribution in [0, 0.1) is 0 Å². The van der Waals surface area contributed by atoms with Gasteiger partial charge in [0.1, 0.15) is 5.75 Å². The van der Waals surface area contributed by atoms with E-state index in [1.807, 2.05) is 24.3 Å². The van der Waals surface area contributed by atoms with Gasteiger partial charge in [-0.2, -0.15) is 0 Å². The number of para-hydroxylation sites is 1. The number of fused-ring (bicyclic) bond motifs is 1. The molecule has 0 saturated carbocycles. The summed E-state index contributed by atoms with van der Waals surface area (Å²) in [5.74, 6) is 0.574. The molecule has 0 bridgehead atoms. The van der Waals surface area contributed by atoms with Crippen molar-refractivity contribution >= 4 is 51.8 Å². The van der Waals surface area contributed by atoms with Crippen molar-refractivity contribution in [3.05, 3.63) is 92.7 Å². The molecule has 0 aliphatic heterocycles. The van der Waals surface area contributed by atoms with Gasteiger partial charge in [0.15, 0.2) is 5.16 Å². The molecule has 1 amide bonds. The zero-order valence-electron chi connectivity index (χ0n) is 17.5. The number of benzene rings is 3. The Kier molecular flexibility index (Phi) is 7.23. The van der Waals surface area contributed by atoms with Crippen molar-refractivity contribution in [3.63, 3.8) is 0 Å². The topological polar surface area (TPSA) is 73.2 Å². The van der Waals surface area contributed by atoms with Crippen molar-refractivity contribution in [2.24, 2.45) is 0 Å². The Morgan fingerprint density at radius 3 is 2.55 bits per heavy atom. The monoisotopic (exact) mass is 499 g/mol. The molecule has 0 unspecified atom stereocenters. The number of nitrogens with zero attached hydrogens (tertiary/aromatic N) is 2. The van der Waals surface area contributed by atoms with Gasteiger partial charge in [0, 0.05) is 22.2 Å². The standard InChI is InChI=1S/C24H19Cl2N3O3S/c1-32-21-5-3-2-4-15(21)13-27-22(30)14-33-24-28-20-12-17(26)8-11-19(20)23(31)29(24)18-9-6-16(25)7-10-18/h2-12H,13-14H2,1H3,(H,27,30). The van der Waals surface area contributed by atoms with Gasteiger partial charge in [-0.25, -0.2) is 4.98 Å². The maximum atomic E-state index is 13.3. The van der Waals surface area contributed by atoms with Crippen LogP contribution in [0.25, 0.3) is 16.6 Å². The average molecular weight is 500 g/mol. The second-order valence-electron chi connectivity index (χ2n) is 7.05. The van der Waals surface area contributed by atoms with Crippen molar-refractivity contribution in [1.82, 2.24) is 14.9 Å². The van der Waals surface area contributed by atoms with Crippen LogP contribution in [-0.4, -0.2) is 28.3 Å². The Morgan fingerprint density at radius 2 is 1.79 bits per heavy atom. The molecular weight excluding hydrogens is 481 g/mol. The normalized spacial score (nSPS) is 10.9. The highest BCUT2D eigenvalue weighted by molar-refractivity contribution is 7.99. The van der Waals surface area contributed by atoms with Gasteiger partial charge in [-0.1, -0.05) is 53.2 Å². The maximum absolute atomic E-state index is 13.3. The molecule has 0 saturated heterocycles. The van der Waals surface area contributed by atoms with E-state index in [9.17, 15) is 9.59 Å². The Hall–Kier alpha value is -3.00. The second-order valence-corrected chi connectivity index (χ2v) is 8.87. The first kappa shape index (κ1) is 23.2. The molecule has 0 radical (unpaired) electrons. The molecule has 0 atom stereocenters. The van der Waals surface area contributed by atoms with Crippen molar-refractivity contribution < 1.29 is 9.53 Å². The van der Waals surface area contributed by atoms with E-state index in [2.05, 4.69) is 10.3 Å². The highest BCUT2D eigenvalue weighted by Gasteiger charge is 2.15. The van der Waals surface area contributed by atoms with Crippen LogP contribution in [0.1, 0.15) is 5.56 Å². The van der Waals surface area contributed by atoms with E-state index in [-0.39, 0.29) is 17.2 Å². The van der Waals surface area contributed by atoms with Gasteiger partial charge >= 0.3 is 0 Å². The van der Waals surface area contributed by atoms with Crippen LogP contribution in [0.4, 0.5) is 0 Å². The lowest BCUT2D eigenvalue weighted by atomic mass is 10.2. The van der Waals surface area contributed by atoms with Gasteiger partial charge in [0.25, 0.3) is 5.56 Å². The SMILES string of the molecule is COc1ccccc1CNC(=O)CSc1nc2cc(Cl)ccc2c(=O)n1-c1ccc(Cl)cc1. The summed E-state index contributed by atoms with van der Waals surface area (Å²) in [6, 6.07) is 19.3. The zero-order chi connectivity index (χ0) is 23.4. The fourth-order valence-corrected chi connectivity index (χ4v) is 4.41. The minimum absolute atomic E-state index is 0.0707.